The molecular weight excluding hydrogens is 554 g/mol. The molecule has 1 heterocycles. The lowest BCUT2D eigenvalue weighted by Crippen LogP contribution is -2.22. The number of hydrogen-bond acceptors (Lipinski definition) is 8. The minimum atomic E-state index is -3.91. The summed E-state index contributed by atoms with van der Waals surface area (Å²) in [5, 5.41) is 0.403. The Morgan fingerprint density at radius 2 is 1.68 bits per heavy atom. The van der Waals surface area contributed by atoms with E-state index in [1.807, 2.05) is 0 Å². The van der Waals surface area contributed by atoms with Crippen LogP contribution in [-0.4, -0.2) is 46.2 Å². The molecule has 0 fully saturated rings. The van der Waals surface area contributed by atoms with E-state index in [9.17, 15) is 18.0 Å². The third-order valence-electron chi connectivity index (χ3n) is 5.39. The maximum Gasteiger partial charge on any atom is 0.325 e. The highest BCUT2D eigenvalue weighted by Crippen LogP contribution is 2.33. The second-order valence-electron chi connectivity index (χ2n) is 7.78. The molecule has 0 atom stereocenters. The Morgan fingerprint density at radius 3 is 2.34 bits per heavy atom. The van der Waals surface area contributed by atoms with Crippen LogP contribution in [0.1, 0.15) is 10.4 Å². The number of hydrogen-bond donors (Lipinski definition) is 1. The molecule has 1 N–H and O–H groups in total. The number of aromatic nitrogens is 1. The Bertz CT molecular complexity index is 1690. The highest BCUT2D eigenvalue weighted by molar-refractivity contribution is 7.92. The van der Waals surface area contributed by atoms with Crippen molar-refractivity contribution in [1.82, 2.24) is 4.57 Å². The molecule has 0 aliphatic rings. The molecule has 0 aliphatic carbocycles. The summed E-state index contributed by atoms with van der Waals surface area (Å²) in [6, 6.07) is 15.0. The van der Waals surface area contributed by atoms with Crippen molar-refractivity contribution in [3.8, 4) is 11.5 Å². The first-order valence-electron chi connectivity index (χ1n) is 10.9. The van der Waals surface area contributed by atoms with Crippen molar-refractivity contribution < 1.29 is 32.2 Å². The molecule has 0 saturated heterocycles. The van der Waals surface area contributed by atoms with Gasteiger partial charge in [0.05, 0.1) is 36.4 Å². The summed E-state index contributed by atoms with van der Waals surface area (Å²) in [5.41, 5.74) is 0.905. The van der Waals surface area contributed by atoms with Crippen molar-refractivity contribution >= 4 is 60.7 Å². The number of sulfonamides is 1. The summed E-state index contributed by atoms with van der Waals surface area (Å²) in [6.45, 7) is -0.195. The quantitative estimate of drug-likeness (QED) is 0.314. The molecule has 0 bridgehead atoms. The van der Waals surface area contributed by atoms with Crippen LogP contribution in [0.15, 0.2) is 70.6 Å². The fourth-order valence-electron chi connectivity index (χ4n) is 3.52. The van der Waals surface area contributed by atoms with Crippen molar-refractivity contribution in [3.63, 3.8) is 0 Å². The second-order valence-corrected chi connectivity index (χ2v) is 10.9. The molecule has 38 heavy (non-hydrogen) atoms. The van der Waals surface area contributed by atoms with Crippen LogP contribution in [-0.2, 0) is 26.1 Å². The Balaban J connectivity index is 1.73. The number of nitrogens with one attached hydrogen (secondary N) is 1. The molecular formula is C25H22ClN3O7S2. The van der Waals surface area contributed by atoms with Gasteiger partial charge in [0, 0.05) is 28.4 Å². The van der Waals surface area contributed by atoms with Gasteiger partial charge in [-0.2, -0.15) is 4.99 Å². The molecule has 198 valence electrons. The van der Waals surface area contributed by atoms with Crippen LogP contribution in [0.2, 0.25) is 5.02 Å². The van der Waals surface area contributed by atoms with E-state index >= 15 is 0 Å². The summed E-state index contributed by atoms with van der Waals surface area (Å²) < 4.78 is 45.7. The van der Waals surface area contributed by atoms with Crippen LogP contribution >= 0.6 is 22.9 Å². The Labute approximate surface area is 227 Å². The third kappa shape index (κ3) is 5.82. The number of amides is 1. The number of nitrogens with zero attached hydrogens (tertiary/aromatic N) is 2. The molecule has 4 rings (SSSR count). The number of halogens is 1. The molecule has 10 nitrogen and oxygen atoms in total. The molecule has 0 saturated carbocycles. The van der Waals surface area contributed by atoms with Crippen LogP contribution in [0.25, 0.3) is 10.2 Å². The summed E-state index contributed by atoms with van der Waals surface area (Å²) in [5.74, 6) is -0.256. The maximum absolute atomic E-state index is 13.1. The van der Waals surface area contributed by atoms with Crippen molar-refractivity contribution in [2.24, 2.45) is 4.99 Å². The van der Waals surface area contributed by atoms with Crippen LogP contribution in [0.4, 0.5) is 5.69 Å². The zero-order chi connectivity index (χ0) is 27.4. The molecule has 13 heteroatoms. The SMILES string of the molecule is COC(=O)Cn1c(=NC(=O)c2cccc(NS(=O)(=O)c3ccc(Cl)cc3)c2)sc2cc(OC)c(OC)cc21. The highest BCUT2D eigenvalue weighted by Gasteiger charge is 2.18. The van der Waals surface area contributed by atoms with Crippen molar-refractivity contribution in [3.05, 3.63) is 76.1 Å². The highest BCUT2D eigenvalue weighted by atomic mass is 35.5. The summed E-state index contributed by atoms with van der Waals surface area (Å²) in [6.07, 6.45) is 0. The van der Waals surface area contributed by atoms with Crippen LogP contribution < -0.4 is 19.0 Å². The van der Waals surface area contributed by atoms with E-state index < -0.39 is 21.9 Å². The number of ether oxygens (including phenoxy) is 3. The van der Waals surface area contributed by atoms with Gasteiger partial charge in [-0.15, -0.1) is 0 Å². The number of anilines is 1. The average Bonchev–Trinajstić information content (AvgIpc) is 3.23. The average molecular weight is 576 g/mol. The topological polar surface area (TPSA) is 125 Å². The Hall–Kier alpha value is -3.87. The van der Waals surface area contributed by atoms with E-state index in [-0.39, 0.29) is 27.5 Å². The van der Waals surface area contributed by atoms with E-state index in [1.54, 1.807) is 16.7 Å². The van der Waals surface area contributed by atoms with Gasteiger partial charge in [-0.3, -0.25) is 14.3 Å². The first kappa shape index (κ1) is 27.2. The van der Waals surface area contributed by atoms with E-state index in [0.29, 0.717) is 26.7 Å². The van der Waals surface area contributed by atoms with Gasteiger partial charge in [-0.25, -0.2) is 8.42 Å². The molecule has 0 spiro atoms. The maximum atomic E-state index is 13.1. The molecule has 0 aliphatic heterocycles. The number of thiazole rings is 1. The fraction of sp³-hybridized carbons (Fsp3) is 0.160. The normalized spacial score (nSPS) is 11.8. The second kappa shape index (κ2) is 11.3. The monoisotopic (exact) mass is 575 g/mol. The van der Waals surface area contributed by atoms with Crippen LogP contribution in [0, 0.1) is 0 Å². The zero-order valence-corrected chi connectivity index (χ0v) is 22.8. The van der Waals surface area contributed by atoms with E-state index in [4.69, 9.17) is 25.8 Å². The summed E-state index contributed by atoms with van der Waals surface area (Å²) >= 11 is 7.02. The van der Waals surface area contributed by atoms with E-state index in [2.05, 4.69) is 9.71 Å². The first-order valence-corrected chi connectivity index (χ1v) is 13.6. The first-order chi connectivity index (χ1) is 18.1. The number of esters is 1. The fourth-order valence-corrected chi connectivity index (χ4v) is 5.74. The number of carbonyl (C=O) groups is 2. The van der Waals surface area contributed by atoms with Crippen molar-refractivity contribution in [1.29, 1.82) is 0 Å². The molecule has 1 amide bonds. The third-order valence-corrected chi connectivity index (χ3v) is 8.08. The molecule has 3 aromatic carbocycles. The van der Waals surface area contributed by atoms with Crippen molar-refractivity contribution in [2.45, 2.75) is 11.4 Å². The zero-order valence-electron chi connectivity index (χ0n) is 20.4. The van der Waals surface area contributed by atoms with Crippen LogP contribution in [0.5, 0.6) is 11.5 Å². The Kier molecular flexibility index (Phi) is 8.05. The number of benzene rings is 3. The standard InChI is InChI=1S/C25H22ClN3O7S2/c1-34-20-12-19-22(13-21(20)35-2)37-25(29(19)14-23(30)36-3)27-24(31)15-5-4-6-17(11-15)28-38(32,33)18-9-7-16(26)8-10-18/h4-13,28H,14H2,1-3H3. The minimum absolute atomic E-state index is 0.0169. The lowest BCUT2D eigenvalue weighted by atomic mass is 10.2. The van der Waals surface area contributed by atoms with Crippen molar-refractivity contribution in [2.75, 3.05) is 26.1 Å². The van der Waals surface area contributed by atoms with E-state index in [1.165, 1.54) is 81.2 Å². The van der Waals surface area contributed by atoms with Gasteiger partial charge in [-0.05, 0) is 42.5 Å². The van der Waals surface area contributed by atoms with Gasteiger partial charge in [0.15, 0.2) is 16.3 Å². The Morgan fingerprint density at radius 1 is 1.00 bits per heavy atom. The van der Waals surface area contributed by atoms with Gasteiger partial charge < -0.3 is 18.8 Å². The van der Waals surface area contributed by atoms with Gasteiger partial charge in [0.1, 0.15) is 6.54 Å². The number of fused-ring (bicyclic) bond motifs is 1. The molecule has 4 aromatic rings. The van der Waals surface area contributed by atoms with Gasteiger partial charge in [0.25, 0.3) is 15.9 Å². The lowest BCUT2D eigenvalue weighted by Gasteiger charge is -2.09. The largest absolute Gasteiger partial charge is 0.493 e. The molecule has 1 aromatic heterocycles. The van der Waals surface area contributed by atoms with Gasteiger partial charge in [-0.1, -0.05) is 29.0 Å². The van der Waals surface area contributed by atoms with Crippen LogP contribution in [0.3, 0.4) is 0 Å². The molecule has 0 unspecified atom stereocenters. The minimum Gasteiger partial charge on any atom is -0.493 e. The summed E-state index contributed by atoms with van der Waals surface area (Å²) in [7, 11) is 0.343. The summed E-state index contributed by atoms with van der Waals surface area (Å²) in [4.78, 5) is 29.7. The van der Waals surface area contributed by atoms with Gasteiger partial charge >= 0.3 is 5.97 Å². The number of carbonyl (C=O) groups excluding carboxylic acids is 2. The van der Waals surface area contributed by atoms with E-state index in [0.717, 1.165) is 0 Å². The number of methoxy groups -OCH3 is 3. The number of rotatable bonds is 8. The predicted octanol–water partition coefficient (Wildman–Crippen LogP) is 4.09. The lowest BCUT2D eigenvalue weighted by molar-refractivity contribution is -0.141. The predicted molar refractivity (Wildman–Crippen MR) is 144 cm³/mol. The smallest absolute Gasteiger partial charge is 0.325 e. The molecule has 0 radical (unpaired) electrons. The van der Waals surface area contributed by atoms with Gasteiger partial charge in [0.2, 0.25) is 0 Å².